The van der Waals surface area contributed by atoms with E-state index in [1.807, 2.05) is 0 Å². The maximum absolute atomic E-state index is 13.0. The number of allylic oxidation sites excluding steroid dienone is 1. The largest absolute Gasteiger partial charge is 0.504 e. The molecule has 6 heteroatoms. The van der Waals surface area contributed by atoms with Gasteiger partial charge in [-0.25, -0.2) is 0 Å². The Bertz CT molecular complexity index is 794. The topological polar surface area (TPSA) is 115 Å². The number of hydrogen-bond donors (Lipinski definition) is 4. The highest BCUT2D eigenvalue weighted by atomic mass is 16.3. The summed E-state index contributed by atoms with van der Waals surface area (Å²) in [7, 11) is 0. The first-order valence-electron chi connectivity index (χ1n) is 9.84. The van der Waals surface area contributed by atoms with E-state index in [1.165, 1.54) is 0 Å². The molecule has 1 unspecified atom stereocenters. The molecule has 27 heavy (non-hydrogen) atoms. The first kappa shape index (κ1) is 18.5. The molecule has 0 aromatic heterocycles. The quantitative estimate of drug-likeness (QED) is 0.559. The van der Waals surface area contributed by atoms with E-state index in [2.05, 4.69) is 6.92 Å². The summed E-state index contributed by atoms with van der Waals surface area (Å²) in [6.45, 7) is 5.48. The van der Waals surface area contributed by atoms with Gasteiger partial charge in [0.1, 0.15) is 5.78 Å². The van der Waals surface area contributed by atoms with Crippen molar-refractivity contribution in [3.63, 3.8) is 0 Å². The highest BCUT2D eigenvalue weighted by Crippen LogP contribution is 2.66. The van der Waals surface area contributed by atoms with E-state index in [0.717, 1.165) is 19.3 Å². The molecule has 0 aromatic carbocycles. The molecule has 0 saturated heterocycles. The number of aliphatic hydroxyl groups excluding tert-OH is 4. The summed E-state index contributed by atoms with van der Waals surface area (Å²) in [6.07, 6.45) is 2.53. The molecular weight excluding hydrogens is 348 g/mol. The van der Waals surface area contributed by atoms with Crippen molar-refractivity contribution >= 4 is 11.6 Å². The summed E-state index contributed by atoms with van der Waals surface area (Å²) in [6, 6.07) is 0. The van der Waals surface area contributed by atoms with Gasteiger partial charge in [0.2, 0.25) is 17.3 Å². The van der Waals surface area contributed by atoms with Crippen molar-refractivity contribution in [2.45, 2.75) is 59.0 Å². The Kier molecular flexibility index (Phi) is 3.84. The minimum absolute atomic E-state index is 0.0122. The Morgan fingerprint density at radius 3 is 2.30 bits per heavy atom. The van der Waals surface area contributed by atoms with Gasteiger partial charge in [0.15, 0.2) is 5.76 Å². The molecule has 4 aliphatic rings. The van der Waals surface area contributed by atoms with Gasteiger partial charge in [-0.1, -0.05) is 6.92 Å². The van der Waals surface area contributed by atoms with Crippen LogP contribution < -0.4 is 0 Å². The zero-order valence-electron chi connectivity index (χ0n) is 16.0. The Morgan fingerprint density at radius 2 is 1.67 bits per heavy atom. The number of fused-ring (bicyclic) bond motifs is 5. The van der Waals surface area contributed by atoms with Crippen LogP contribution in [0.25, 0.3) is 0 Å². The third-order valence-corrected chi connectivity index (χ3v) is 8.45. The lowest BCUT2D eigenvalue weighted by Crippen LogP contribution is -2.57. The fraction of sp³-hybridized carbons (Fsp3) is 0.714. The van der Waals surface area contributed by atoms with Crippen LogP contribution in [0.1, 0.15) is 52.9 Å². The summed E-state index contributed by atoms with van der Waals surface area (Å²) in [4.78, 5) is 25.2. The Morgan fingerprint density at radius 1 is 1.00 bits per heavy atom. The molecule has 4 aliphatic carbocycles. The van der Waals surface area contributed by atoms with E-state index >= 15 is 0 Å². The second-order valence-corrected chi connectivity index (χ2v) is 9.40. The molecule has 4 rings (SSSR count). The van der Waals surface area contributed by atoms with Crippen LogP contribution in [-0.4, -0.2) is 38.1 Å². The molecule has 0 amide bonds. The van der Waals surface area contributed by atoms with Gasteiger partial charge in [0.25, 0.3) is 0 Å². The minimum atomic E-state index is -1.24. The molecule has 0 aromatic rings. The second-order valence-electron chi connectivity index (χ2n) is 9.40. The van der Waals surface area contributed by atoms with Crippen LogP contribution in [0.2, 0.25) is 0 Å². The van der Waals surface area contributed by atoms with Crippen molar-refractivity contribution in [2.24, 2.45) is 34.5 Å². The molecule has 148 valence electrons. The fourth-order valence-electron chi connectivity index (χ4n) is 7.21. The minimum Gasteiger partial charge on any atom is -0.504 e. The maximum atomic E-state index is 13.0. The lowest BCUT2D eigenvalue weighted by molar-refractivity contribution is -0.143. The van der Waals surface area contributed by atoms with Crippen molar-refractivity contribution in [1.29, 1.82) is 0 Å². The Labute approximate surface area is 158 Å². The molecule has 0 spiro atoms. The number of aliphatic hydroxyl groups is 4. The molecule has 6 nitrogen and oxygen atoms in total. The summed E-state index contributed by atoms with van der Waals surface area (Å²) in [5.74, 6) is -2.55. The molecule has 0 heterocycles. The van der Waals surface area contributed by atoms with Crippen LogP contribution in [0.15, 0.2) is 22.9 Å². The number of Topliss-reactive ketones (excluding diaryl/α,β-unsaturated/α-hetero) is 2. The zero-order valence-corrected chi connectivity index (χ0v) is 16.0. The summed E-state index contributed by atoms with van der Waals surface area (Å²) < 4.78 is 0. The summed E-state index contributed by atoms with van der Waals surface area (Å²) >= 11 is 0. The van der Waals surface area contributed by atoms with Crippen LogP contribution >= 0.6 is 0 Å². The van der Waals surface area contributed by atoms with E-state index in [1.54, 1.807) is 13.8 Å². The van der Waals surface area contributed by atoms with E-state index in [0.29, 0.717) is 12.8 Å². The summed E-state index contributed by atoms with van der Waals surface area (Å²) in [5, 5.41) is 41.3. The normalized spacial score (nSPS) is 46.8. The average Bonchev–Trinajstić information content (AvgIpc) is 2.96. The van der Waals surface area contributed by atoms with Gasteiger partial charge in [-0.15, -0.1) is 0 Å². The van der Waals surface area contributed by atoms with Gasteiger partial charge >= 0.3 is 0 Å². The number of hydrogen-bond acceptors (Lipinski definition) is 6. The highest BCUT2D eigenvalue weighted by molar-refractivity contribution is 6.02. The molecule has 3 fully saturated rings. The van der Waals surface area contributed by atoms with Crippen LogP contribution in [0.5, 0.6) is 0 Å². The second kappa shape index (κ2) is 5.60. The monoisotopic (exact) mass is 376 g/mol. The van der Waals surface area contributed by atoms with Crippen LogP contribution in [0.4, 0.5) is 0 Å². The van der Waals surface area contributed by atoms with Crippen molar-refractivity contribution in [3.8, 4) is 0 Å². The first-order valence-corrected chi connectivity index (χ1v) is 9.84. The predicted octanol–water partition coefficient (Wildman–Crippen LogP) is 3.13. The van der Waals surface area contributed by atoms with Gasteiger partial charge in [-0.2, -0.15) is 0 Å². The molecular formula is C21H28O6. The molecule has 3 saturated carbocycles. The zero-order chi connectivity index (χ0) is 19.9. The summed E-state index contributed by atoms with van der Waals surface area (Å²) in [5.41, 5.74) is -1.24. The third kappa shape index (κ3) is 2.10. The van der Waals surface area contributed by atoms with Crippen LogP contribution in [0.3, 0.4) is 0 Å². The van der Waals surface area contributed by atoms with Crippen molar-refractivity contribution < 1.29 is 30.0 Å². The number of carbonyl (C=O) groups is 2. The molecule has 7 atom stereocenters. The van der Waals surface area contributed by atoms with Gasteiger partial charge in [-0.3, -0.25) is 9.59 Å². The lowest BCUT2D eigenvalue weighted by atomic mass is 9.46. The standard InChI is InChI=1S/C21H28O6/c1-9(22)11-4-5-12-10-8-14(23)15-16(24)17(25)18(26)19(27)21(15,3)13(10)6-7-20(11,12)2/h10-14,23-26H,4-8H2,1-3H3/t10-,11+,12-,13-,14?,20+,21+/m0/s1. The van der Waals surface area contributed by atoms with Crippen molar-refractivity contribution in [1.82, 2.24) is 0 Å². The van der Waals surface area contributed by atoms with Crippen LogP contribution in [0, 0.1) is 34.5 Å². The molecule has 0 radical (unpaired) electrons. The fourth-order valence-corrected chi connectivity index (χ4v) is 7.21. The molecule has 4 N–H and O–H groups in total. The Hall–Kier alpha value is -1.82. The molecule has 0 bridgehead atoms. The third-order valence-electron chi connectivity index (χ3n) is 8.45. The van der Waals surface area contributed by atoms with Crippen molar-refractivity contribution in [2.75, 3.05) is 0 Å². The number of carbonyl (C=O) groups excluding carboxylic acids is 2. The van der Waals surface area contributed by atoms with E-state index < -0.39 is 34.6 Å². The van der Waals surface area contributed by atoms with E-state index in [9.17, 15) is 30.0 Å². The Balaban J connectivity index is 1.80. The van der Waals surface area contributed by atoms with Crippen LogP contribution in [-0.2, 0) is 9.59 Å². The smallest absolute Gasteiger partial charge is 0.211 e. The highest BCUT2D eigenvalue weighted by Gasteiger charge is 2.64. The van der Waals surface area contributed by atoms with Gasteiger partial charge in [0.05, 0.1) is 11.5 Å². The van der Waals surface area contributed by atoms with Gasteiger partial charge < -0.3 is 20.4 Å². The lowest BCUT2D eigenvalue weighted by Gasteiger charge is -2.57. The van der Waals surface area contributed by atoms with Crippen molar-refractivity contribution in [3.05, 3.63) is 22.9 Å². The van der Waals surface area contributed by atoms with E-state index in [-0.39, 0.29) is 40.4 Å². The van der Waals surface area contributed by atoms with E-state index in [4.69, 9.17) is 0 Å². The average molecular weight is 376 g/mol. The maximum Gasteiger partial charge on any atom is 0.211 e. The van der Waals surface area contributed by atoms with Gasteiger partial charge in [-0.05, 0) is 69.1 Å². The number of ketones is 2. The SMILES string of the molecule is CC(=O)[C@H]1CC[C@H]2[C@@H]3CC(O)C4=C(O)C(O)=C(O)C(=O)[C@]4(C)[C@H]3CC[C@]12C. The first-order chi connectivity index (χ1) is 12.5. The predicted molar refractivity (Wildman–Crippen MR) is 96.9 cm³/mol. The molecule has 0 aliphatic heterocycles. The van der Waals surface area contributed by atoms with Gasteiger partial charge in [0, 0.05) is 11.5 Å². The number of rotatable bonds is 1.